The van der Waals surface area contributed by atoms with Crippen molar-refractivity contribution < 1.29 is 19.4 Å². The highest BCUT2D eigenvalue weighted by Crippen LogP contribution is 2.18. The zero-order valence-electron chi connectivity index (χ0n) is 24.6. The standard InChI is InChI=1S/C36H45NO4/c1-30(37(27-31-17-9-6-10-18-31)28-32-19-11-7-12-20-32)35(41-29-33-21-13-8-14-22-33)26-25-34(38)23-15-4-3-5-16-24-36(39)40-2/h6-14,17-22,30,34-35,38H,3-5,15-16,23-24,27-29H2,1-2H3/t30-,34?,35+/m0/s1. The molecular weight excluding hydrogens is 510 g/mol. The van der Waals surface area contributed by atoms with Gasteiger partial charge >= 0.3 is 5.97 Å². The van der Waals surface area contributed by atoms with Crippen LogP contribution in [-0.4, -0.2) is 41.3 Å². The molecule has 3 aromatic rings. The average molecular weight is 556 g/mol. The number of benzene rings is 3. The third-order valence-electron chi connectivity index (χ3n) is 7.22. The molecule has 41 heavy (non-hydrogen) atoms. The van der Waals surface area contributed by atoms with Gasteiger partial charge in [-0.2, -0.15) is 0 Å². The number of aliphatic hydroxyl groups is 1. The molecule has 218 valence electrons. The second-order valence-electron chi connectivity index (χ2n) is 10.5. The molecule has 0 fully saturated rings. The molecule has 0 aliphatic heterocycles. The summed E-state index contributed by atoms with van der Waals surface area (Å²) in [5.74, 6) is 6.25. The highest BCUT2D eigenvalue weighted by Gasteiger charge is 2.24. The van der Waals surface area contributed by atoms with Crippen molar-refractivity contribution in [2.45, 2.75) is 89.8 Å². The summed E-state index contributed by atoms with van der Waals surface area (Å²) in [6.07, 6.45) is 4.79. The molecule has 0 spiro atoms. The second-order valence-corrected chi connectivity index (χ2v) is 10.5. The number of carbonyl (C=O) groups excluding carboxylic acids is 1. The van der Waals surface area contributed by atoms with Crippen molar-refractivity contribution >= 4 is 5.97 Å². The minimum atomic E-state index is -0.697. The summed E-state index contributed by atoms with van der Waals surface area (Å²) in [5.41, 5.74) is 3.56. The summed E-state index contributed by atoms with van der Waals surface area (Å²) in [7, 11) is 1.42. The number of ether oxygens (including phenoxy) is 2. The third kappa shape index (κ3) is 12.7. The number of carbonyl (C=O) groups is 1. The van der Waals surface area contributed by atoms with E-state index in [1.807, 2.05) is 30.3 Å². The SMILES string of the molecule is COC(=O)CCCCCCCC(O)C#C[C@@H](OCc1ccccc1)[C@H](C)N(Cc1ccccc1)Cc1ccccc1. The quantitative estimate of drug-likeness (QED) is 0.111. The van der Waals surface area contributed by atoms with Gasteiger partial charge < -0.3 is 14.6 Å². The maximum absolute atomic E-state index is 11.2. The molecule has 5 heteroatoms. The first-order valence-corrected chi connectivity index (χ1v) is 14.8. The van der Waals surface area contributed by atoms with E-state index < -0.39 is 6.10 Å². The van der Waals surface area contributed by atoms with Crippen LogP contribution in [0, 0.1) is 11.8 Å². The molecule has 0 aliphatic rings. The van der Waals surface area contributed by atoms with Gasteiger partial charge in [0, 0.05) is 25.6 Å². The molecular formula is C36H45NO4. The fraction of sp³-hybridized carbons (Fsp3) is 0.417. The Balaban J connectivity index is 1.66. The van der Waals surface area contributed by atoms with Crippen molar-refractivity contribution in [2.75, 3.05) is 7.11 Å². The molecule has 1 N–H and O–H groups in total. The maximum Gasteiger partial charge on any atom is 0.305 e. The number of esters is 1. The van der Waals surface area contributed by atoms with E-state index in [0.717, 1.165) is 50.8 Å². The molecule has 5 nitrogen and oxygen atoms in total. The number of hydrogen-bond acceptors (Lipinski definition) is 5. The fourth-order valence-electron chi connectivity index (χ4n) is 4.72. The molecule has 0 saturated heterocycles. The van der Waals surface area contributed by atoms with Crippen LogP contribution in [0.15, 0.2) is 91.0 Å². The summed E-state index contributed by atoms with van der Waals surface area (Å²) in [5, 5.41) is 10.7. The van der Waals surface area contributed by atoms with Gasteiger partial charge in [0.05, 0.1) is 13.7 Å². The van der Waals surface area contributed by atoms with Crippen molar-refractivity contribution in [3.8, 4) is 11.8 Å². The Labute approximate surface area is 246 Å². The van der Waals surface area contributed by atoms with Gasteiger partial charge in [0.25, 0.3) is 0 Å². The molecule has 0 heterocycles. The number of rotatable bonds is 17. The van der Waals surface area contributed by atoms with Gasteiger partial charge in [0.2, 0.25) is 0 Å². The van der Waals surface area contributed by atoms with Crippen LogP contribution in [0.1, 0.15) is 68.6 Å². The monoisotopic (exact) mass is 555 g/mol. The van der Waals surface area contributed by atoms with E-state index in [1.54, 1.807) is 0 Å². The molecule has 3 rings (SSSR count). The number of unbranched alkanes of at least 4 members (excludes halogenated alkanes) is 4. The molecule has 0 saturated carbocycles. The summed E-state index contributed by atoms with van der Waals surface area (Å²) in [4.78, 5) is 13.6. The van der Waals surface area contributed by atoms with Crippen molar-refractivity contribution in [1.29, 1.82) is 0 Å². The van der Waals surface area contributed by atoms with E-state index in [0.29, 0.717) is 19.4 Å². The largest absolute Gasteiger partial charge is 0.469 e. The minimum Gasteiger partial charge on any atom is -0.469 e. The Morgan fingerprint density at radius 1 is 0.756 bits per heavy atom. The number of methoxy groups -OCH3 is 1. The van der Waals surface area contributed by atoms with E-state index in [9.17, 15) is 9.90 Å². The lowest BCUT2D eigenvalue weighted by atomic mass is 10.1. The topological polar surface area (TPSA) is 59.0 Å². The summed E-state index contributed by atoms with van der Waals surface area (Å²) < 4.78 is 11.1. The lowest BCUT2D eigenvalue weighted by molar-refractivity contribution is -0.140. The highest BCUT2D eigenvalue weighted by atomic mass is 16.5. The Hall–Kier alpha value is -3.43. The normalized spacial score (nSPS) is 13.2. The van der Waals surface area contributed by atoms with Crippen LogP contribution in [-0.2, 0) is 34.0 Å². The molecule has 3 aromatic carbocycles. The van der Waals surface area contributed by atoms with Crippen LogP contribution < -0.4 is 0 Å². The Morgan fingerprint density at radius 3 is 1.83 bits per heavy atom. The molecule has 0 radical (unpaired) electrons. The Kier molecular flexibility index (Phi) is 14.7. The van der Waals surface area contributed by atoms with Gasteiger partial charge in [-0.3, -0.25) is 9.69 Å². The van der Waals surface area contributed by atoms with Crippen LogP contribution in [0.2, 0.25) is 0 Å². The Morgan fingerprint density at radius 2 is 1.27 bits per heavy atom. The van der Waals surface area contributed by atoms with E-state index in [4.69, 9.17) is 4.74 Å². The summed E-state index contributed by atoms with van der Waals surface area (Å²) >= 11 is 0. The van der Waals surface area contributed by atoms with Crippen molar-refractivity contribution in [2.24, 2.45) is 0 Å². The predicted octanol–water partition coefficient (Wildman–Crippen LogP) is 6.93. The lowest BCUT2D eigenvalue weighted by Crippen LogP contribution is -2.41. The molecule has 0 amide bonds. The lowest BCUT2D eigenvalue weighted by Gasteiger charge is -2.33. The van der Waals surface area contributed by atoms with Crippen LogP contribution in [0.25, 0.3) is 0 Å². The van der Waals surface area contributed by atoms with Gasteiger partial charge in [-0.1, -0.05) is 122 Å². The van der Waals surface area contributed by atoms with Crippen molar-refractivity contribution in [3.63, 3.8) is 0 Å². The van der Waals surface area contributed by atoms with Gasteiger partial charge in [-0.15, -0.1) is 0 Å². The predicted molar refractivity (Wildman–Crippen MR) is 165 cm³/mol. The van der Waals surface area contributed by atoms with Crippen LogP contribution in [0.5, 0.6) is 0 Å². The van der Waals surface area contributed by atoms with Crippen molar-refractivity contribution in [3.05, 3.63) is 108 Å². The first-order chi connectivity index (χ1) is 20.0. The zero-order valence-corrected chi connectivity index (χ0v) is 24.6. The van der Waals surface area contributed by atoms with Crippen molar-refractivity contribution in [1.82, 2.24) is 4.90 Å². The van der Waals surface area contributed by atoms with Gasteiger partial charge in [-0.05, 0) is 42.9 Å². The zero-order chi connectivity index (χ0) is 29.1. The van der Waals surface area contributed by atoms with E-state index in [-0.39, 0.29) is 18.1 Å². The van der Waals surface area contributed by atoms with Gasteiger partial charge in [-0.25, -0.2) is 0 Å². The maximum atomic E-state index is 11.2. The Bertz CT molecular complexity index is 1130. The molecule has 0 bridgehead atoms. The number of hydrogen-bond donors (Lipinski definition) is 1. The average Bonchev–Trinajstić information content (AvgIpc) is 3.01. The smallest absolute Gasteiger partial charge is 0.305 e. The summed E-state index contributed by atoms with van der Waals surface area (Å²) in [6, 6.07) is 31.1. The van der Waals surface area contributed by atoms with Gasteiger partial charge in [0.1, 0.15) is 12.2 Å². The first-order valence-electron chi connectivity index (χ1n) is 14.8. The van der Waals surface area contributed by atoms with Crippen LogP contribution in [0.4, 0.5) is 0 Å². The van der Waals surface area contributed by atoms with Gasteiger partial charge in [0.15, 0.2) is 0 Å². The van der Waals surface area contributed by atoms with Crippen LogP contribution >= 0.6 is 0 Å². The fourth-order valence-corrected chi connectivity index (χ4v) is 4.72. The first kappa shape index (κ1) is 32.1. The van der Waals surface area contributed by atoms with E-state index in [2.05, 4.69) is 89.1 Å². The molecule has 1 unspecified atom stereocenters. The molecule has 3 atom stereocenters. The molecule has 0 aromatic heterocycles. The third-order valence-corrected chi connectivity index (χ3v) is 7.22. The number of aliphatic hydroxyl groups excluding tert-OH is 1. The van der Waals surface area contributed by atoms with E-state index >= 15 is 0 Å². The number of nitrogens with zero attached hydrogens (tertiary/aromatic N) is 1. The van der Waals surface area contributed by atoms with E-state index in [1.165, 1.54) is 18.2 Å². The van der Waals surface area contributed by atoms with Crippen LogP contribution in [0.3, 0.4) is 0 Å². The summed E-state index contributed by atoms with van der Waals surface area (Å²) in [6.45, 7) is 4.15. The second kappa shape index (κ2) is 18.8. The minimum absolute atomic E-state index is 0.0198. The highest BCUT2D eigenvalue weighted by molar-refractivity contribution is 5.68. The molecule has 0 aliphatic carbocycles.